The highest BCUT2D eigenvalue weighted by atomic mass is 32.1. The van der Waals surface area contributed by atoms with Crippen LogP contribution in [0, 0.1) is 6.92 Å². The van der Waals surface area contributed by atoms with E-state index < -0.39 is 0 Å². The van der Waals surface area contributed by atoms with E-state index in [1.54, 1.807) is 11.8 Å². The van der Waals surface area contributed by atoms with Crippen LogP contribution in [0.2, 0.25) is 0 Å². The third-order valence-electron chi connectivity index (χ3n) is 5.33. The summed E-state index contributed by atoms with van der Waals surface area (Å²) in [6, 6.07) is 8.24. The van der Waals surface area contributed by atoms with Crippen molar-refractivity contribution in [1.29, 1.82) is 0 Å². The molecule has 0 bridgehead atoms. The molecule has 0 aliphatic carbocycles. The minimum atomic E-state index is -0.125. The lowest BCUT2D eigenvalue weighted by Gasteiger charge is -2.37. The lowest BCUT2D eigenvalue weighted by molar-refractivity contribution is -0.115. The molecule has 2 saturated heterocycles. The van der Waals surface area contributed by atoms with E-state index in [4.69, 9.17) is 14.5 Å². The number of aryl methyl sites for hydroxylation is 1. The molecule has 0 N–H and O–H groups in total. The fourth-order valence-corrected chi connectivity index (χ4v) is 4.80. The van der Waals surface area contributed by atoms with Gasteiger partial charge in [-0.05, 0) is 38.4 Å². The van der Waals surface area contributed by atoms with Gasteiger partial charge in [0.1, 0.15) is 0 Å². The van der Waals surface area contributed by atoms with E-state index in [-0.39, 0.29) is 18.2 Å². The molecular formula is C21H27N3O3S. The molecule has 7 heteroatoms. The van der Waals surface area contributed by atoms with Gasteiger partial charge < -0.3 is 9.47 Å². The molecule has 1 aromatic heterocycles. The normalized spacial score (nSPS) is 21.1. The molecule has 0 radical (unpaired) electrons. The predicted molar refractivity (Wildman–Crippen MR) is 110 cm³/mol. The van der Waals surface area contributed by atoms with Crippen LogP contribution >= 0.6 is 11.3 Å². The fourth-order valence-electron chi connectivity index (χ4n) is 3.92. The highest BCUT2D eigenvalue weighted by Crippen LogP contribution is 2.31. The van der Waals surface area contributed by atoms with E-state index in [1.807, 2.05) is 31.2 Å². The summed E-state index contributed by atoms with van der Waals surface area (Å²) in [7, 11) is 0. The van der Waals surface area contributed by atoms with Crippen molar-refractivity contribution in [3.05, 3.63) is 40.9 Å². The lowest BCUT2D eigenvalue weighted by atomic mass is 10.0. The van der Waals surface area contributed by atoms with E-state index in [9.17, 15) is 4.79 Å². The second-order valence-electron chi connectivity index (χ2n) is 7.45. The van der Waals surface area contributed by atoms with Crippen LogP contribution in [0.1, 0.15) is 37.4 Å². The minimum Gasteiger partial charge on any atom is -0.349 e. The van der Waals surface area contributed by atoms with Gasteiger partial charge in [0.15, 0.2) is 11.4 Å². The predicted octanol–water partition coefficient (Wildman–Crippen LogP) is 3.86. The van der Waals surface area contributed by atoms with E-state index in [1.165, 1.54) is 29.7 Å². The number of anilines is 2. The van der Waals surface area contributed by atoms with Crippen LogP contribution in [0.3, 0.4) is 0 Å². The monoisotopic (exact) mass is 401 g/mol. The second-order valence-corrected chi connectivity index (χ2v) is 8.29. The average Bonchev–Trinajstić information content (AvgIpc) is 3.36. The standard InChI is InChI=1S/C21H27N3O3S/c1-15-6-8-18(9-7-15)24(16(2)25)21-22-17(14-28-21)13-23-10-4-3-5-19(23)20-26-11-12-27-20/h6-9,14,19-20H,3-5,10-13H2,1-2H3. The van der Waals surface area contributed by atoms with Crippen molar-refractivity contribution in [3.8, 4) is 0 Å². The maximum Gasteiger partial charge on any atom is 0.230 e. The van der Waals surface area contributed by atoms with Crippen LogP contribution in [-0.2, 0) is 20.8 Å². The molecule has 2 aromatic rings. The summed E-state index contributed by atoms with van der Waals surface area (Å²) in [5.41, 5.74) is 3.01. The highest BCUT2D eigenvalue weighted by Gasteiger charge is 2.34. The molecule has 1 amide bonds. The van der Waals surface area contributed by atoms with E-state index in [0.717, 1.165) is 30.9 Å². The molecule has 0 spiro atoms. The zero-order valence-electron chi connectivity index (χ0n) is 16.5. The first-order valence-corrected chi connectivity index (χ1v) is 10.8. The molecule has 1 unspecified atom stereocenters. The first-order chi connectivity index (χ1) is 13.6. The Morgan fingerprint density at radius 1 is 1.25 bits per heavy atom. The number of rotatable bonds is 5. The number of benzene rings is 1. The lowest BCUT2D eigenvalue weighted by Crippen LogP contribution is -2.46. The van der Waals surface area contributed by atoms with Crippen LogP contribution in [-0.4, -0.2) is 47.9 Å². The Morgan fingerprint density at radius 3 is 2.71 bits per heavy atom. The van der Waals surface area contributed by atoms with Crippen LogP contribution in [0.5, 0.6) is 0 Å². The molecule has 2 aliphatic rings. The maximum atomic E-state index is 12.3. The maximum absolute atomic E-state index is 12.3. The number of carbonyl (C=O) groups excluding carboxylic acids is 1. The number of ether oxygens (including phenoxy) is 2. The summed E-state index contributed by atoms with van der Waals surface area (Å²) in [5, 5.41) is 2.77. The zero-order chi connectivity index (χ0) is 19.5. The Labute approximate surface area is 170 Å². The number of nitrogens with zero attached hydrogens (tertiary/aromatic N) is 3. The van der Waals surface area contributed by atoms with Gasteiger partial charge in [0.2, 0.25) is 5.91 Å². The van der Waals surface area contributed by atoms with Crippen molar-refractivity contribution >= 4 is 28.1 Å². The molecule has 1 atom stereocenters. The number of hydrogen-bond acceptors (Lipinski definition) is 6. The minimum absolute atomic E-state index is 0.0339. The van der Waals surface area contributed by atoms with Gasteiger partial charge in [0.05, 0.1) is 30.6 Å². The molecule has 4 rings (SSSR count). The van der Waals surface area contributed by atoms with Crippen LogP contribution in [0.25, 0.3) is 0 Å². The SMILES string of the molecule is CC(=O)N(c1ccc(C)cc1)c1nc(CN2CCCCC2C2OCCO2)cs1. The first-order valence-electron chi connectivity index (χ1n) is 9.91. The molecule has 6 nitrogen and oxygen atoms in total. The van der Waals surface area contributed by atoms with Gasteiger partial charge in [-0.2, -0.15) is 0 Å². The Bertz CT molecular complexity index is 801. The van der Waals surface area contributed by atoms with Crippen molar-refractivity contribution in [2.75, 3.05) is 24.7 Å². The zero-order valence-corrected chi connectivity index (χ0v) is 17.3. The van der Waals surface area contributed by atoms with E-state index in [0.29, 0.717) is 18.3 Å². The smallest absolute Gasteiger partial charge is 0.230 e. The number of piperidine rings is 1. The number of aromatic nitrogens is 1. The van der Waals surface area contributed by atoms with Crippen molar-refractivity contribution in [1.82, 2.24) is 9.88 Å². The highest BCUT2D eigenvalue weighted by molar-refractivity contribution is 7.14. The third-order valence-corrected chi connectivity index (χ3v) is 6.20. The molecule has 2 fully saturated rings. The molecule has 150 valence electrons. The van der Waals surface area contributed by atoms with Gasteiger partial charge in [-0.1, -0.05) is 24.1 Å². The molecule has 3 heterocycles. The summed E-state index contributed by atoms with van der Waals surface area (Å²) >= 11 is 1.51. The Hall–Kier alpha value is -1.80. The Balaban J connectivity index is 1.50. The first kappa shape index (κ1) is 19.5. The molecular weight excluding hydrogens is 374 g/mol. The van der Waals surface area contributed by atoms with Crippen molar-refractivity contribution < 1.29 is 14.3 Å². The fraction of sp³-hybridized carbons (Fsp3) is 0.524. The van der Waals surface area contributed by atoms with Crippen molar-refractivity contribution in [3.63, 3.8) is 0 Å². The van der Waals surface area contributed by atoms with Crippen molar-refractivity contribution in [2.45, 2.75) is 52.0 Å². The largest absolute Gasteiger partial charge is 0.349 e. The molecule has 0 saturated carbocycles. The third kappa shape index (κ3) is 4.27. The number of likely N-dealkylation sites (tertiary alicyclic amines) is 1. The summed E-state index contributed by atoms with van der Waals surface area (Å²) in [6.45, 7) is 6.76. The van der Waals surface area contributed by atoms with Gasteiger partial charge in [-0.15, -0.1) is 11.3 Å². The number of carbonyl (C=O) groups is 1. The van der Waals surface area contributed by atoms with Gasteiger partial charge in [0.25, 0.3) is 0 Å². The van der Waals surface area contributed by atoms with Crippen LogP contribution < -0.4 is 4.90 Å². The van der Waals surface area contributed by atoms with Gasteiger partial charge in [0, 0.05) is 18.8 Å². The van der Waals surface area contributed by atoms with E-state index in [2.05, 4.69) is 10.3 Å². The quantitative estimate of drug-likeness (QED) is 0.761. The number of thiazole rings is 1. The molecule has 28 heavy (non-hydrogen) atoms. The summed E-state index contributed by atoms with van der Waals surface area (Å²) in [4.78, 5) is 21.2. The van der Waals surface area contributed by atoms with Gasteiger partial charge >= 0.3 is 0 Å². The topological polar surface area (TPSA) is 54.9 Å². The Morgan fingerprint density at radius 2 is 2.00 bits per heavy atom. The van der Waals surface area contributed by atoms with Gasteiger partial charge in [-0.3, -0.25) is 14.6 Å². The average molecular weight is 402 g/mol. The van der Waals surface area contributed by atoms with Gasteiger partial charge in [-0.25, -0.2) is 4.98 Å². The summed E-state index contributed by atoms with van der Waals surface area (Å²) < 4.78 is 11.5. The second kappa shape index (κ2) is 8.69. The van der Waals surface area contributed by atoms with Crippen molar-refractivity contribution in [2.24, 2.45) is 0 Å². The Kier molecular flexibility index (Phi) is 6.06. The number of amides is 1. The molecule has 2 aliphatic heterocycles. The summed E-state index contributed by atoms with van der Waals surface area (Å²) in [6.07, 6.45) is 3.35. The summed E-state index contributed by atoms with van der Waals surface area (Å²) in [5.74, 6) is -0.0339. The van der Waals surface area contributed by atoms with Crippen LogP contribution in [0.4, 0.5) is 10.8 Å². The van der Waals surface area contributed by atoms with E-state index >= 15 is 0 Å². The van der Waals surface area contributed by atoms with Crippen LogP contribution in [0.15, 0.2) is 29.6 Å². The molecule has 1 aromatic carbocycles. The number of hydrogen-bond donors (Lipinski definition) is 0.